The molecule has 2 aromatic rings. The minimum Gasteiger partial charge on any atom is -0.355 e. The Labute approximate surface area is 155 Å². The third-order valence-electron chi connectivity index (χ3n) is 4.19. The second kappa shape index (κ2) is 9.53. The summed E-state index contributed by atoms with van der Waals surface area (Å²) >= 11 is 1.73. The van der Waals surface area contributed by atoms with Gasteiger partial charge in [0.05, 0.1) is 17.2 Å². The first-order valence-corrected chi connectivity index (χ1v) is 9.39. The maximum atomic E-state index is 4.47. The molecule has 0 radical (unpaired) electrons. The average molecular weight is 360 g/mol. The summed E-state index contributed by atoms with van der Waals surface area (Å²) in [6.45, 7) is 5.68. The summed E-state index contributed by atoms with van der Waals surface area (Å²) in [7, 11) is 6.05. The third-order valence-corrected chi connectivity index (χ3v) is 5.26. The zero-order valence-corrected chi connectivity index (χ0v) is 16.7. The molecule has 1 unspecified atom stereocenters. The van der Waals surface area contributed by atoms with Gasteiger partial charge in [-0.05, 0) is 39.9 Å². The lowest BCUT2D eigenvalue weighted by atomic mass is 10.1. The first-order chi connectivity index (χ1) is 12.0. The van der Waals surface area contributed by atoms with Crippen LogP contribution in [0, 0.1) is 13.8 Å². The highest BCUT2D eigenvalue weighted by molar-refractivity contribution is 7.11. The van der Waals surface area contributed by atoms with E-state index in [2.05, 4.69) is 76.9 Å². The van der Waals surface area contributed by atoms with Crippen molar-refractivity contribution in [3.8, 4) is 0 Å². The molecular weight excluding hydrogens is 330 g/mol. The highest BCUT2D eigenvalue weighted by Crippen LogP contribution is 2.16. The number of hydrogen-bond acceptors (Lipinski definition) is 4. The molecule has 136 valence electrons. The van der Waals surface area contributed by atoms with Gasteiger partial charge in [0.1, 0.15) is 0 Å². The van der Waals surface area contributed by atoms with Gasteiger partial charge in [-0.3, -0.25) is 4.99 Å². The summed E-state index contributed by atoms with van der Waals surface area (Å²) in [4.78, 5) is 12.3. The quantitative estimate of drug-likeness (QED) is 0.589. The lowest BCUT2D eigenvalue weighted by molar-refractivity contribution is 0.290. The summed E-state index contributed by atoms with van der Waals surface area (Å²) in [5.74, 6) is 0.824. The van der Waals surface area contributed by atoms with Crippen LogP contribution in [0.5, 0.6) is 0 Å². The van der Waals surface area contributed by atoms with Crippen LogP contribution in [-0.2, 0) is 13.0 Å². The van der Waals surface area contributed by atoms with E-state index in [0.717, 1.165) is 36.2 Å². The van der Waals surface area contributed by atoms with Crippen molar-refractivity contribution in [1.29, 1.82) is 0 Å². The van der Waals surface area contributed by atoms with Crippen LogP contribution in [0.4, 0.5) is 0 Å². The molecule has 1 aromatic carbocycles. The SMILES string of the molecule is CN=C(NCc1sc(C)nc1C)NCC(Cc1ccccc1)N(C)C. The Kier molecular flexibility index (Phi) is 7.40. The molecule has 25 heavy (non-hydrogen) atoms. The third kappa shape index (κ3) is 6.14. The fourth-order valence-corrected chi connectivity index (χ4v) is 3.54. The Morgan fingerprint density at radius 1 is 1.20 bits per heavy atom. The van der Waals surface area contributed by atoms with E-state index >= 15 is 0 Å². The van der Waals surface area contributed by atoms with E-state index in [0.29, 0.717) is 6.04 Å². The molecule has 0 amide bonds. The molecular formula is C19H29N5S. The number of benzene rings is 1. The molecule has 0 aliphatic carbocycles. The van der Waals surface area contributed by atoms with Crippen molar-refractivity contribution in [1.82, 2.24) is 20.5 Å². The number of guanidine groups is 1. The number of aliphatic imine (C=N–C) groups is 1. The van der Waals surface area contributed by atoms with E-state index in [1.807, 2.05) is 14.0 Å². The molecule has 2 N–H and O–H groups in total. The topological polar surface area (TPSA) is 52.6 Å². The molecule has 0 saturated carbocycles. The van der Waals surface area contributed by atoms with Crippen LogP contribution in [0.25, 0.3) is 0 Å². The van der Waals surface area contributed by atoms with E-state index in [-0.39, 0.29) is 0 Å². The Hall–Kier alpha value is -1.92. The van der Waals surface area contributed by atoms with Crippen molar-refractivity contribution < 1.29 is 0 Å². The maximum Gasteiger partial charge on any atom is 0.191 e. The number of hydrogen-bond donors (Lipinski definition) is 2. The first-order valence-electron chi connectivity index (χ1n) is 8.57. The van der Waals surface area contributed by atoms with Crippen molar-refractivity contribution >= 4 is 17.3 Å². The second-order valence-corrected chi connectivity index (χ2v) is 7.64. The van der Waals surface area contributed by atoms with Gasteiger partial charge in [-0.15, -0.1) is 11.3 Å². The van der Waals surface area contributed by atoms with Gasteiger partial charge in [-0.1, -0.05) is 30.3 Å². The number of thiazole rings is 1. The lowest BCUT2D eigenvalue weighted by Gasteiger charge is -2.25. The van der Waals surface area contributed by atoms with Crippen molar-refractivity contribution in [2.24, 2.45) is 4.99 Å². The van der Waals surface area contributed by atoms with Gasteiger partial charge in [0.25, 0.3) is 0 Å². The smallest absolute Gasteiger partial charge is 0.191 e. The fourth-order valence-electron chi connectivity index (χ4n) is 2.66. The monoisotopic (exact) mass is 359 g/mol. The fraction of sp³-hybridized carbons (Fsp3) is 0.474. The van der Waals surface area contributed by atoms with Crippen LogP contribution in [0.3, 0.4) is 0 Å². The maximum absolute atomic E-state index is 4.47. The summed E-state index contributed by atoms with van der Waals surface area (Å²) < 4.78 is 0. The summed E-state index contributed by atoms with van der Waals surface area (Å²) in [5.41, 5.74) is 2.45. The lowest BCUT2D eigenvalue weighted by Crippen LogP contribution is -2.45. The van der Waals surface area contributed by atoms with E-state index < -0.39 is 0 Å². The van der Waals surface area contributed by atoms with Crippen LogP contribution in [0.1, 0.15) is 21.1 Å². The van der Waals surface area contributed by atoms with Crippen LogP contribution < -0.4 is 10.6 Å². The first kappa shape index (κ1) is 19.4. The average Bonchev–Trinajstić information content (AvgIpc) is 2.92. The zero-order chi connectivity index (χ0) is 18.2. The minimum absolute atomic E-state index is 0.397. The molecule has 0 bridgehead atoms. The molecule has 2 rings (SSSR count). The van der Waals surface area contributed by atoms with Crippen LogP contribution >= 0.6 is 11.3 Å². The van der Waals surface area contributed by atoms with Gasteiger partial charge in [0.2, 0.25) is 0 Å². The van der Waals surface area contributed by atoms with E-state index in [4.69, 9.17) is 0 Å². The van der Waals surface area contributed by atoms with Crippen LogP contribution in [0.15, 0.2) is 35.3 Å². The normalized spacial score (nSPS) is 13.1. The van der Waals surface area contributed by atoms with E-state index in [1.165, 1.54) is 10.4 Å². The second-order valence-electron chi connectivity index (χ2n) is 6.36. The van der Waals surface area contributed by atoms with Crippen molar-refractivity contribution in [3.05, 3.63) is 51.5 Å². The highest BCUT2D eigenvalue weighted by Gasteiger charge is 2.13. The van der Waals surface area contributed by atoms with Gasteiger partial charge >= 0.3 is 0 Å². The summed E-state index contributed by atoms with van der Waals surface area (Å²) in [5, 5.41) is 7.94. The molecule has 6 heteroatoms. The Morgan fingerprint density at radius 3 is 2.48 bits per heavy atom. The molecule has 0 aliphatic heterocycles. The Bertz CT molecular complexity index is 678. The van der Waals surface area contributed by atoms with Gasteiger partial charge in [-0.25, -0.2) is 4.98 Å². The van der Waals surface area contributed by atoms with E-state index in [1.54, 1.807) is 11.3 Å². The number of rotatable bonds is 7. The Balaban J connectivity index is 1.88. The molecule has 0 fully saturated rings. The number of nitrogens with zero attached hydrogens (tertiary/aromatic N) is 3. The number of aromatic nitrogens is 1. The Morgan fingerprint density at radius 2 is 1.92 bits per heavy atom. The van der Waals surface area contributed by atoms with Crippen LogP contribution in [-0.4, -0.2) is 49.6 Å². The van der Waals surface area contributed by atoms with E-state index in [9.17, 15) is 0 Å². The van der Waals surface area contributed by atoms with Crippen molar-refractivity contribution in [2.75, 3.05) is 27.7 Å². The summed E-state index contributed by atoms with van der Waals surface area (Å²) in [6, 6.07) is 11.0. The number of aryl methyl sites for hydroxylation is 2. The number of likely N-dealkylation sites (N-methyl/N-ethyl adjacent to an activating group) is 1. The van der Waals surface area contributed by atoms with Gasteiger partial charge in [0, 0.05) is 24.5 Å². The molecule has 0 saturated heterocycles. The standard InChI is InChI=1S/C19H29N5S/c1-14-18(25-15(2)23-14)13-22-19(20-3)21-12-17(24(4)5)11-16-9-7-6-8-10-16/h6-10,17H,11-13H2,1-5H3,(H2,20,21,22). The van der Waals surface area contributed by atoms with Crippen molar-refractivity contribution in [2.45, 2.75) is 32.9 Å². The van der Waals surface area contributed by atoms with Crippen molar-refractivity contribution in [3.63, 3.8) is 0 Å². The number of nitrogens with one attached hydrogen (secondary N) is 2. The minimum atomic E-state index is 0.397. The molecule has 1 atom stereocenters. The highest BCUT2D eigenvalue weighted by atomic mass is 32.1. The van der Waals surface area contributed by atoms with Crippen LogP contribution in [0.2, 0.25) is 0 Å². The molecule has 0 spiro atoms. The molecule has 1 aromatic heterocycles. The van der Waals surface area contributed by atoms with Gasteiger partial charge < -0.3 is 15.5 Å². The molecule has 0 aliphatic rings. The van der Waals surface area contributed by atoms with Gasteiger partial charge in [-0.2, -0.15) is 0 Å². The van der Waals surface area contributed by atoms with Gasteiger partial charge in [0.15, 0.2) is 5.96 Å². The predicted octanol–water partition coefficient (Wildman–Crippen LogP) is 2.60. The molecule has 1 heterocycles. The molecule has 5 nitrogen and oxygen atoms in total. The zero-order valence-electron chi connectivity index (χ0n) is 15.8. The largest absolute Gasteiger partial charge is 0.355 e. The summed E-state index contributed by atoms with van der Waals surface area (Å²) in [6.07, 6.45) is 1.00. The predicted molar refractivity (Wildman–Crippen MR) is 107 cm³/mol.